The zero-order valence-electron chi connectivity index (χ0n) is 8.35. The van der Waals surface area contributed by atoms with Gasteiger partial charge in [-0.3, -0.25) is 4.98 Å². The van der Waals surface area contributed by atoms with Crippen molar-refractivity contribution in [3.63, 3.8) is 0 Å². The van der Waals surface area contributed by atoms with Crippen molar-refractivity contribution < 1.29 is 8.42 Å². The molecule has 0 aliphatic carbocycles. The molecule has 1 heterocycles. The molecule has 0 fully saturated rings. The summed E-state index contributed by atoms with van der Waals surface area (Å²) >= 11 is 5.71. The van der Waals surface area contributed by atoms with E-state index in [4.69, 9.17) is 11.6 Å². The maximum atomic E-state index is 11.6. The average molecular weight is 249 g/mol. The Bertz CT molecular complexity index is 392. The van der Waals surface area contributed by atoms with E-state index in [1.807, 2.05) is 6.92 Å². The van der Waals surface area contributed by atoms with Gasteiger partial charge in [-0.1, -0.05) is 0 Å². The average Bonchev–Trinajstić information content (AvgIpc) is 2.18. The van der Waals surface area contributed by atoms with Gasteiger partial charge in [0.05, 0.1) is 0 Å². The van der Waals surface area contributed by atoms with Crippen LogP contribution >= 0.6 is 11.6 Å². The molecule has 0 saturated carbocycles. The van der Waals surface area contributed by atoms with E-state index in [2.05, 4.69) is 9.71 Å². The molecule has 1 aromatic rings. The molecule has 0 amide bonds. The minimum Gasteiger partial charge on any atom is -0.263 e. The first-order chi connectivity index (χ1) is 7.02. The van der Waals surface area contributed by atoms with Crippen LogP contribution in [0.2, 0.25) is 0 Å². The van der Waals surface area contributed by atoms with Crippen LogP contribution in [-0.4, -0.2) is 25.3 Å². The molecule has 1 N–H and O–H groups in total. The summed E-state index contributed by atoms with van der Waals surface area (Å²) < 4.78 is 25.7. The Kier molecular flexibility index (Phi) is 4.50. The van der Waals surface area contributed by atoms with Crippen molar-refractivity contribution in [2.24, 2.45) is 0 Å². The van der Waals surface area contributed by atoms with Gasteiger partial charge in [0.15, 0.2) is 0 Å². The zero-order chi connectivity index (χ0) is 11.3. The van der Waals surface area contributed by atoms with Gasteiger partial charge in [-0.25, -0.2) is 13.1 Å². The highest BCUT2D eigenvalue weighted by atomic mass is 35.5. The molecule has 0 aliphatic rings. The third-order valence-corrected chi connectivity index (χ3v) is 3.44. The largest absolute Gasteiger partial charge is 0.263 e. The highest BCUT2D eigenvalue weighted by Gasteiger charge is 2.12. The quantitative estimate of drug-likeness (QED) is 0.801. The SMILES string of the molecule is CC(Cl)CCNS(=O)(=O)c1cccnc1. The second kappa shape index (κ2) is 5.44. The Morgan fingerprint density at radius 3 is 2.87 bits per heavy atom. The number of hydrogen-bond acceptors (Lipinski definition) is 3. The molecule has 1 unspecified atom stereocenters. The lowest BCUT2D eigenvalue weighted by Crippen LogP contribution is -2.26. The number of aromatic nitrogens is 1. The molecule has 84 valence electrons. The van der Waals surface area contributed by atoms with Crippen LogP contribution in [-0.2, 0) is 10.0 Å². The van der Waals surface area contributed by atoms with Crippen molar-refractivity contribution in [2.45, 2.75) is 23.6 Å². The molecule has 4 nitrogen and oxygen atoms in total. The normalized spacial score (nSPS) is 13.7. The maximum absolute atomic E-state index is 11.6. The van der Waals surface area contributed by atoms with E-state index in [-0.39, 0.29) is 10.3 Å². The third-order valence-electron chi connectivity index (χ3n) is 1.78. The van der Waals surface area contributed by atoms with Crippen molar-refractivity contribution in [3.05, 3.63) is 24.5 Å². The lowest BCUT2D eigenvalue weighted by Gasteiger charge is -2.06. The van der Waals surface area contributed by atoms with E-state index in [1.165, 1.54) is 18.5 Å². The van der Waals surface area contributed by atoms with Gasteiger partial charge in [0, 0.05) is 24.3 Å². The zero-order valence-corrected chi connectivity index (χ0v) is 9.92. The van der Waals surface area contributed by atoms with Gasteiger partial charge < -0.3 is 0 Å². The summed E-state index contributed by atoms with van der Waals surface area (Å²) in [6, 6.07) is 3.08. The van der Waals surface area contributed by atoms with E-state index in [0.717, 1.165) is 0 Å². The topological polar surface area (TPSA) is 59.1 Å². The first-order valence-electron chi connectivity index (χ1n) is 4.56. The van der Waals surface area contributed by atoms with Crippen molar-refractivity contribution >= 4 is 21.6 Å². The summed E-state index contributed by atoms with van der Waals surface area (Å²) in [5.41, 5.74) is 0. The molecule has 1 rings (SSSR count). The van der Waals surface area contributed by atoms with Crippen LogP contribution in [0.25, 0.3) is 0 Å². The van der Waals surface area contributed by atoms with Crippen LogP contribution in [0.5, 0.6) is 0 Å². The molecule has 0 aliphatic heterocycles. The fourth-order valence-corrected chi connectivity index (χ4v) is 2.10. The Morgan fingerprint density at radius 2 is 2.33 bits per heavy atom. The Labute approximate surface area is 94.7 Å². The summed E-state index contributed by atoms with van der Waals surface area (Å²) in [6.45, 7) is 2.15. The summed E-state index contributed by atoms with van der Waals surface area (Å²) in [5, 5.41) is -0.0402. The van der Waals surface area contributed by atoms with Crippen molar-refractivity contribution in [2.75, 3.05) is 6.54 Å². The van der Waals surface area contributed by atoms with Gasteiger partial charge in [0.25, 0.3) is 0 Å². The molecular weight excluding hydrogens is 236 g/mol. The predicted octanol–water partition coefficient (Wildman–Crippen LogP) is 1.38. The number of pyridine rings is 1. The molecule has 1 aromatic heterocycles. The van der Waals surface area contributed by atoms with Crippen LogP contribution in [0.4, 0.5) is 0 Å². The van der Waals surface area contributed by atoms with Gasteiger partial charge in [-0.15, -0.1) is 11.6 Å². The van der Waals surface area contributed by atoms with Gasteiger partial charge in [-0.2, -0.15) is 0 Å². The Morgan fingerprint density at radius 1 is 1.60 bits per heavy atom. The summed E-state index contributed by atoms with van der Waals surface area (Å²) in [5.74, 6) is 0. The number of hydrogen-bond donors (Lipinski definition) is 1. The van der Waals surface area contributed by atoms with E-state index in [1.54, 1.807) is 6.07 Å². The van der Waals surface area contributed by atoms with Crippen LogP contribution < -0.4 is 4.72 Å². The number of sulfonamides is 1. The number of nitrogens with zero attached hydrogens (tertiary/aromatic N) is 1. The predicted molar refractivity (Wildman–Crippen MR) is 59.4 cm³/mol. The summed E-state index contributed by atoms with van der Waals surface area (Å²) in [6.07, 6.45) is 3.44. The fourth-order valence-electron chi connectivity index (χ4n) is 0.982. The summed E-state index contributed by atoms with van der Waals surface area (Å²) in [7, 11) is -3.43. The monoisotopic (exact) mass is 248 g/mol. The standard InChI is InChI=1S/C9H13ClN2O2S/c1-8(10)4-6-12-15(13,14)9-3-2-5-11-7-9/h2-3,5,7-8,12H,4,6H2,1H3. The maximum Gasteiger partial charge on any atom is 0.242 e. The van der Waals surface area contributed by atoms with Gasteiger partial charge in [-0.05, 0) is 25.5 Å². The van der Waals surface area contributed by atoms with Crippen LogP contribution in [0, 0.1) is 0 Å². The molecule has 0 bridgehead atoms. The van der Waals surface area contributed by atoms with Gasteiger partial charge >= 0.3 is 0 Å². The number of halogens is 1. The number of nitrogens with one attached hydrogen (secondary N) is 1. The molecule has 6 heteroatoms. The molecular formula is C9H13ClN2O2S. The fraction of sp³-hybridized carbons (Fsp3) is 0.444. The molecule has 15 heavy (non-hydrogen) atoms. The van der Waals surface area contributed by atoms with Crippen molar-refractivity contribution in [3.8, 4) is 0 Å². The third kappa shape index (κ3) is 4.15. The molecule has 0 spiro atoms. The number of rotatable bonds is 5. The molecule has 0 aromatic carbocycles. The Balaban J connectivity index is 2.61. The van der Waals surface area contributed by atoms with Crippen LogP contribution in [0.15, 0.2) is 29.4 Å². The van der Waals surface area contributed by atoms with Crippen LogP contribution in [0.3, 0.4) is 0 Å². The molecule has 1 atom stereocenters. The van der Waals surface area contributed by atoms with E-state index < -0.39 is 10.0 Å². The minimum atomic E-state index is -3.43. The van der Waals surface area contributed by atoms with Gasteiger partial charge in [0.2, 0.25) is 10.0 Å². The van der Waals surface area contributed by atoms with Crippen molar-refractivity contribution in [1.82, 2.24) is 9.71 Å². The van der Waals surface area contributed by atoms with E-state index in [9.17, 15) is 8.42 Å². The first-order valence-corrected chi connectivity index (χ1v) is 6.48. The number of alkyl halides is 1. The first kappa shape index (κ1) is 12.4. The summed E-state index contributed by atoms with van der Waals surface area (Å²) in [4.78, 5) is 3.92. The second-order valence-electron chi connectivity index (χ2n) is 3.16. The highest BCUT2D eigenvalue weighted by Crippen LogP contribution is 2.06. The Hall–Kier alpha value is -0.650. The van der Waals surface area contributed by atoms with Crippen molar-refractivity contribution in [1.29, 1.82) is 0 Å². The van der Waals surface area contributed by atoms with Crippen LogP contribution in [0.1, 0.15) is 13.3 Å². The molecule has 0 radical (unpaired) electrons. The smallest absolute Gasteiger partial charge is 0.242 e. The second-order valence-corrected chi connectivity index (χ2v) is 5.67. The van der Waals surface area contributed by atoms with E-state index in [0.29, 0.717) is 13.0 Å². The molecule has 0 saturated heterocycles. The highest BCUT2D eigenvalue weighted by molar-refractivity contribution is 7.89. The lowest BCUT2D eigenvalue weighted by molar-refractivity contribution is 0.578. The van der Waals surface area contributed by atoms with E-state index >= 15 is 0 Å². The lowest BCUT2D eigenvalue weighted by atomic mass is 10.3. The van der Waals surface area contributed by atoms with Gasteiger partial charge in [0.1, 0.15) is 4.90 Å². The minimum absolute atomic E-state index is 0.0402.